The molecular weight excluding hydrogens is 340 g/mol. The van der Waals surface area contributed by atoms with Gasteiger partial charge < -0.3 is 10.2 Å². The van der Waals surface area contributed by atoms with Gasteiger partial charge in [0.2, 0.25) is 5.91 Å². The minimum Gasteiger partial charge on any atom is -0.337 e. The standard InChI is InChI=1S/C21H26N4O2/c1-3-4-5-9-16(2)14-20(26)23-19-11-8-10-18-22-17(15-25(18)19)21(27)24-12-6-7-13-24/h3-5,8,10-11,15-16H,1,6-7,9,12-14H2,2H3,(H,23,26)/b5-4-. The summed E-state index contributed by atoms with van der Waals surface area (Å²) in [5, 5.41) is 2.94. The molecule has 6 heteroatoms. The van der Waals surface area contributed by atoms with Crippen molar-refractivity contribution < 1.29 is 9.59 Å². The lowest BCUT2D eigenvalue weighted by atomic mass is 10.0. The Bertz CT molecular complexity index is 862. The fourth-order valence-electron chi connectivity index (χ4n) is 3.30. The zero-order valence-electron chi connectivity index (χ0n) is 15.7. The van der Waals surface area contributed by atoms with Gasteiger partial charge in [0.25, 0.3) is 5.91 Å². The summed E-state index contributed by atoms with van der Waals surface area (Å²) < 4.78 is 1.77. The lowest BCUT2D eigenvalue weighted by molar-refractivity contribution is -0.117. The SMILES string of the molecule is C=C/C=C\CC(C)CC(=O)Nc1cccc2nc(C(=O)N3CCCC3)cn12. The lowest BCUT2D eigenvalue weighted by Gasteiger charge is -2.12. The molecule has 0 bridgehead atoms. The highest BCUT2D eigenvalue weighted by molar-refractivity contribution is 5.94. The van der Waals surface area contributed by atoms with Crippen LogP contribution in [0.1, 0.15) is 43.1 Å². The Morgan fingerprint density at radius 2 is 2.11 bits per heavy atom. The van der Waals surface area contributed by atoms with Crippen molar-refractivity contribution in [2.24, 2.45) is 5.92 Å². The van der Waals surface area contributed by atoms with E-state index in [9.17, 15) is 9.59 Å². The highest BCUT2D eigenvalue weighted by Crippen LogP contribution is 2.18. The van der Waals surface area contributed by atoms with Crippen molar-refractivity contribution in [1.82, 2.24) is 14.3 Å². The number of carbonyl (C=O) groups excluding carboxylic acids is 2. The minimum absolute atomic E-state index is 0.0453. The molecule has 27 heavy (non-hydrogen) atoms. The van der Waals surface area contributed by atoms with Crippen molar-refractivity contribution in [3.8, 4) is 0 Å². The molecule has 2 aromatic heterocycles. The Kier molecular flexibility index (Phi) is 6.06. The molecule has 2 aromatic rings. The van der Waals surface area contributed by atoms with Crippen molar-refractivity contribution in [1.29, 1.82) is 0 Å². The fraction of sp³-hybridized carbons (Fsp3) is 0.381. The van der Waals surface area contributed by atoms with Crippen LogP contribution in [0.2, 0.25) is 0 Å². The molecule has 1 atom stereocenters. The van der Waals surface area contributed by atoms with Crippen LogP contribution in [0.15, 0.2) is 49.2 Å². The number of aromatic nitrogens is 2. The van der Waals surface area contributed by atoms with Crippen LogP contribution in [0, 0.1) is 5.92 Å². The number of carbonyl (C=O) groups is 2. The number of amides is 2. The maximum absolute atomic E-state index is 12.6. The predicted molar refractivity (Wildman–Crippen MR) is 107 cm³/mol. The molecule has 0 saturated carbocycles. The molecule has 1 aliphatic rings. The molecule has 6 nitrogen and oxygen atoms in total. The number of nitrogens with one attached hydrogen (secondary N) is 1. The maximum atomic E-state index is 12.6. The Balaban J connectivity index is 1.71. The number of likely N-dealkylation sites (tertiary alicyclic amines) is 1. The third-order valence-electron chi connectivity index (χ3n) is 4.72. The average molecular weight is 366 g/mol. The van der Waals surface area contributed by atoms with Gasteiger partial charge in [0.05, 0.1) is 0 Å². The van der Waals surface area contributed by atoms with Gasteiger partial charge in [-0.1, -0.05) is 37.8 Å². The largest absolute Gasteiger partial charge is 0.337 e. The quantitative estimate of drug-likeness (QED) is 0.761. The molecular formula is C21H26N4O2. The van der Waals surface area contributed by atoms with Crippen molar-refractivity contribution in [3.05, 3.63) is 54.9 Å². The molecule has 1 aliphatic heterocycles. The van der Waals surface area contributed by atoms with Crippen molar-refractivity contribution >= 4 is 23.3 Å². The Morgan fingerprint density at radius 1 is 1.33 bits per heavy atom. The Morgan fingerprint density at radius 3 is 2.85 bits per heavy atom. The highest BCUT2D eigenvalue weighted by atomic mass is 16.2. The second-order valence-corrected chi connectivity index (χ2v) is 7.02. The van der Waals surface area contributed by atoms with Gasteiger partial charge in [-0.2, -0.15) is 0 Å². The summed E-state index contributed by atoms with van der Waals surface area (Å²) in [6.45, 7) is 7.25. The number of hydrogen-bond acceptors (Lipinski definition) is 3. The van der Waals surface area contributed by atoms with Crippen LogP contribution in [-0.4, -0.2) is 39.2 Å². The zero-order valence-corrected chi connectivity index (χ0v) is 15.7. The first-order valence-electron chi connectivity index (χ1n) is 9.43. The fourth-order valence-corrected chi connectivity index (χ4v) is 3.30. The van der Waals surface area contributed by atoms with Gasteiger partial charge in [-0.05, 0) is 37.3 Å². The molecule has 142 valence electrons. The average Bonchev–Trinajstić information content (AvgIpc) is 3.31. The smallest absolute Gasteiger partial charge is 0.274 e. The molecule has 0 aliphatic carbocycles. The summed E-state index contributed by atoms with van der Waals surface area (Å²) in [5.41, 5.74) is 1.07. The monoisotopic (exact) mass is 366 g/mol. The van der Waals surface area contributed by atoms with E-state index in [-0.39, 0.29) is 17.7 Å². The molecule has 3 rings (SSSR count). The maximum Gasteiger partial charge on any atom is 0.274 e. The number of nitrogens with zero attached hydrogens (tertiary/aromatic N) is 3. The number of rotatable bonds is 7. The van der Waals surface area contributed by atoms with Crippen LogP contribution in [0.3, 0.4) is 0 Å². The van der Waals surface area contributed by atoms with Gasteiger partial charge in [0.1, 0.15) is 17.2 Å². The van der Waals surface area contributed by atoms with Crippen LogP contribution in [0.25, 0.3) is 5.65 Å². The van der Waals surface area contributed by atoms with Crippen molar-refractivity contribution in [2.45, 2.75) is 32.6 Å². The van der Waals surface area contributed by atoms with Gasteiger partial charge >= 0.3 is 0 Å². The van der Waals surface area contributed by atoms with Gasteiger partial charge in [0.15, 0.2) is 0 Å². The molecule has 0 spiro atoms. The molecule has 1 saturated heterocycles. The Hall–Kier alpha value is -2.89. The van der Waals surface area contributed by atoms with E-state index < -0.39 is 0 Å². The highest BCUT2D eigenvalue weighted by Gasteiger charge is 2.22. The van der Waals surface area contributed by atoms with E-state index in [4.69, 9.17) is 0 Å². The van der Waals surface area contributed by atoms with E-state index >= 15 is 0 Å². The van der Waals surface area contributed by atoms with E-state index in [0.717, 1.165) is 32.4 Å². The summed E-state index contributed by atoms with van der Waals surface area (Å²) in [5.74, 6) is 0.758. The minimum atomic E-state index is -0.0527. The number of fused-ring (bicyclic) bond motifs is 1. The number of allylic oxidation sites excluding steroid dienone is 3. The number of anilines is 1. The van der Waals surface area contributed by atoms with E-state index in [2.05, 4.69) is 16.9 Å². The zero-order chi connectivity index (χ0) is 19.2. The second kappa shape index (κ2) is 8.66. The van der Waals surface area contributed by atoms with Gasteiger partial charge in [0, 0.05) is 25.7 Å². The number of hydrogen-bond donors (Lipinski definition) is 1. The van der Waals surface area contributed by atoms with Crippen LogP contribution < -0.4 is 5.32 Å². The summed E-state index contributed by atoms with van der Waals surface area (Å²) in [7, 11) is 0. The molecule has 1 fully saturated rings. The van der Waals surface area contributed by atoms with Gasteiger partial charge in [-0.15, -0.1) is 0 Å². The van der Waals surface area contributed by atoms with Gasteiger partial charge in [-0.25, -0.2) is 4.98 Å². The first-order valence-corrected chi connectivity index (χ1v) is 9.43. The van der Waals surface area contributed by atoms with Crippen molar-refractivity contribution in [2.75, 3.05) is 18.4 Å². The third kappa shape index (κ3) is 4.64. The number of pyridine rings is 1. The van der Waals surface area contributed by atoms with E-state index in [0.29, 0.717) is 23.6 Å². The summed E-state index contributed by atoms with van der Waals surface area (Å²) in [4.78, 5) is 31.2. The van der Waals surface area contributed by atoms with E-state index in [1.54, 1.807) is 16.7 Å². The van der Waals surface area contributed by atoms with Crippen LogP contribution >= 0.6 is 0 Å². The summed E-state index contributed by atoms with van der Waals surface area (Å²) in [6.07, 6.45) is 10.7. The summed E-state index contributed by atoms with van der Waals surface area (Å²) >= 11 is 0. The van der Waals surface area contributed by atoms with E-state index in [1.165, 1.54) is 0 Å². The summed E-state index contributed by atoms with van der Waals surface area (Å²) in [6, 6.07) is 5.48. The normalized spacial score (nSPS) is 15.4. The predicted octanol–water partition coefficient (Wildman–Crippen LogP) is 3.67. The number of imidazole rings is 1. The second-order valence-electron chi connectivity index (χ2n) is 7.02. The van der Waals surface area contributed by atoms with Crippen LogP contribution in [0.5, 0.6) is 0 Å². The topological polar surface area (TPSA) is 66.7 Å². The lowest BCUT2D eigenvalue weighted by Crippen LogP contribution is -2.27. The van der Waals surface area contributed by atoms with E-state index in [1.807, 2.05) is 42.2 Å². The van der Waals surface area contributed by atoms with Crippen LogP contribution in [0.4, 0.5) is 5.82 Å². The first kappa shape index (κ1) is 18.9. The first-order chi connectivity index (χ1) is 13.1. The molecule has 0 aromatic carbocycles. The molecule has 1 N–H and O–H groups in total. The molecule has 0 radical (unpaired) electrons. The molecule has 2 amide bonds. The van der Waals surface area contributed by atoms with Crippen molar-refractivity contribution in [3.63, 3.8) is 0 Å². The molecule has 3 heterocycles. The van der Waals surface area contributed by atoms with Crippen LogP contribution in [-0.2, 0) is 4.79 Å². The third-order valence-corrected chi connectivity index (χ3v) is 4.72. The van der Waals surface area contributed by atoms with Gasteiger partial charge in [-0.3, -0.25) is 14.0 Å². The molecule has 1 unspecified atom stereocenters. The Labute approximate surface area is 159 Å².